The zero-order valence-corrected chi connectivity index (χ0v) is 14.5. The van der Waals surface area contributed by atoms with Crippen molar-refractivity contribution < 1.29 is 9.90 Å². The van der Waals surface area contributed by atoms with E-state index in [4.69, 9.17) is 0 Å². The molecule has 0 unspecified atom stereocenters. The minimum atomic E-state index is -1.20. The van der Waals surface area contributed by atoms with E-state index in [1.165, 1.54) is 31.2 Å². The van der Waals surface area contributed by atoms with Crippen LogP contribution in [0, 0.1) is 0 Å². The van der Waals surface area contributed by atoms with Gasteiger partial charge in [-0.25, -0.2) is 0 Å². The molecule has 24 heavy (non-hydrogen) atoms. The van der Waals surface area contributed by atoms with Crippen molar-refractivity contribution in [2.24, 2.45) is 0 Å². The SMILES string of the molecule is O=C1N(CCCc2ccccc2)CCC[C@@]1(O)CNC1CCCC1. The van der Waals surface area contributed by atoms with Crippen LogP contribution in [-0.2, 0) is 11.2 Å². The molecule has 4 heteroatoms. The Hall–Kier alpha value is -1.39. The van der Waals surface area contributed by atoms with Crippen LogP contribution >= 0.6 is 0 Å². The summed E-state index contributed by atoms with van der Waals surface area (Å²) in [5, 5.41) is 14.3. The molecule has 2 N–H and O–H groups in total. The summed E-state index contributed by atoms with van der Waals surface area (Å²) < 4.78 is 0. The average Bonchev–Trinajstić information content (AvgIpc) is 3.12. The van der Waals surface area contributed by atoms with Crippen LogP contribution in [-0.4, -0.2) is 47.2 Å². The van der Waals surface area contributed by atoms with Gasteiger partial charge >= 0.3 is 0 Å². The molecule has 1 saturated carbocycles. The predicted molar refractivity (Wildman–Crippen MR) is 95.8 cm³/mol. The predicted octanol–water partition coefficient (Wildman–Crippen LogP) is 2.50. The van der Waals surface area contributed by atoms with Crippen molar-refractivity contribution in [2.75, 3.05) is 19.6 Å². The molecule has 1 heterocycles. The first-order valence-corrected chi connectivity index (χ1v) is 9.46. The lowest BCUT2D eigenvalue weighted by atomic mass is 9.91. The zero-order chi connectivity index (χ0) is 16.8. The van der Waals surface area contributed by atoms with Gasteiger partial charge in [-0.1, -0.05) is 43.2 Å². The van der Waals surface area contributed by atoms with Crippen molar-refractivity contribution >= 4 is 5.91 Å². The number of aryl methyl sites for hydroxylation is 1. The monoisotopic (exact) mass is 330 g/mol. The summed E-state index contributed by atoms with van der Waals surface area (Å²) in [5.41, 5.74) is 0.105. The van der Waals surface area contributed by atoms with Crippen molar-refractivity contribution in [3.63, 3.8) is 0 Å². The standard InChI is InChI=1S/C20H30N2O2/c23-19-20(24,16-21-18-11-4-5-12-18)13-7-15-22(19)14-6-10-17-8-2-1-3-9-17/h1-3,8-9,18,21,24H,4-7,10-16H2/t20-/m1/s1. The maximum Gasteiger partial charge on any atom is 0.255 e. The fourth-order valence-corrected chi connectivity index (χ4v) is 4.00. The molecule has 0 radical (unpaired) electrons. The molecule has 1 saturated heterocycles. The largest absolute Gasteiger partial charge is 0.379 e. The Morgan fingerprint density at radius 1 is 1.17 bits per heavy atom. The minimum absolute atomic E-state index is 0.0766. The highest BCUT2D eigenvalue weighted by molar-refractivity contribution is 5.86. The maximum absolute atomic E-state index is 12.7. The Balaban J connectivity index is 1.48. The number of likely N-dealkylation sites (tertiary alicyclic amines) is 1. The highest BCUT2D eigenvalue weighted by Crippen LogP contribution is 2.24. The first-order chi connectivity index (χ1) is 11.7. The van der Waals surface area contributed by atoms with E-state index in [-0.39, 0.29) is 5.91 Å². The molecule has 1 aliphatic carbocycles. The van der Waals surface area contributed by atoms with Crippen LogP contribution in [0.25, 0.3) is 0 Å². The second-order valence-corrected chi connectivity index (χ2v) is 7.38. The Bertz CT molecular complexity index is 528. The summed E-state index contributed by atoms with van der Waals surface area (Å²) in [6.07, 6.45) is 8.26. The summed E-state index contributed by atoms with van der Waals surface area (Å²) in [6.45, 7) is 1.92. The van der Waals surface area contributed by atoms with Gasteiger partial charge < -0.3 is 15.3 Å². The highest BCUT2D eigenvalue weighted by atomic mass is 16.3. The summed E-state index contributed by atoms with van der Waals surface area (Å²) in [4.78, 5) is 14.6. The number of nitrogens with zero attached hydrogens (tertiary/aromatic N) is 1. The maximum atomic E-state index is 12.7. The van der Waals surface area contributed by atoms with Gasteiger partial charge in [0.1, 0.15) is 0 Å². The molecule has 1 aromatic carbocycles. The van der Waals surface area contributed by atoms with Crippen LogP contribution in [0.1, 0.15) is 50.5 Å². The molecule has 1 aliphatic heterocycles. The molecule has 3 rings (SSSR count). The second kappa shape index (κ2) is 8.13. The molecular weight excluding hydrogens is 300 g/mol. The Kier molecular flexibility index (Phi) is 5.90. The number of aliphatic hydroxyl groups is 1. The third-order valence-corrected chi connectivity index (χ3v) is 5.48. The quantitative estimate of drug-likeness (QED) is 0.808. The van der Waals surface area contributed by atoms with Crippen molar-refractivity contribution in [1.82, 2.24) is 10.2 Å². The number of carbonyl (C=O) groups excluding carboxylic acids is 1. The van der Waals surface area contributed by atoms with Gasteiger partial charge in [0.15, 0.2) is 5.60 Å². The lowest BCUT2D eigenvalue weighted by molar-refractivity contribution is -0.156. The molecule has 1 amide bonds. The molecule has 0 aromatic heterocycles. The lowest BCUT2D eigenvalue weighted by Gasteiger charge is -2.39. The van der Waals surface area contributed by atoms with Gasteiger partial charge in [0.05, 0.1) is 0 Å². The van der Waals surface area contributed by atoms with Crippen molar-refractivity contribution in [3.8, 4) is 0 Å². The summed E-state index contributed by atoms with van der Waals surface area (Å²) in [6, 6.07) is 10.9. The molecular formula is C20H30N2O2. The van der Waals surface area contributed by atoms with Gasteiger partial charge in [-0.2, -0.15) is 0 Å². The summed E-state index contributed by atoms with van der Waals surface area (Å²) in [5.74, 6) is -0.0766. The third-order valence-electron chi connectivity index (χ3n) is 5.48. The van der Waals surface area contributed by atoms with E-state index >= 15 is 0 Å². The fraction of sp³-hybridized carbons (Fsp3) is 0.650. The molecule has 4 nitrogen and oxygen atoms in total. The van der Waals surface area contributed by atoms with Crippen LogP contribution < -0.4 is 5.32 Å². The van der Waals surface area contributed by atoms with Gasteiger partial charge in [0.25, 0.3) is 5.91 Å². The number of nitrogens with one attached hydrogen (secondary N) is 1. The normalized spacial score (nSPS) is 25.4. The molecule has 1 aromatic rings. The Morgan fingerprint density at radius 3 is 2.67 bits per heavy atom. The van der Waals surface area contributed by atoms with Crippen molar-refractivity contribution in [3.05, 3.63) is 35.9 Å². The van der Waals surface area contributed by atoms with Crippen LogP contribution in [0.3, 0.4) is 0 Å². The van der Waals surface area contributed by atoms with E-state index in [0.29, 0.717) is 19.0 Å². The number of piperidine rings is 1. The number of benzene rings is 1. The van der Waals surface area contributed by atoms with Crippen molar-refractivity contribution in [1.29, 1.82) is 0 Å². The number of amides is 1. The first kappa shape index (κ1) is 17.4. The van der Waals surface area contributed by atoms with Gasteiger partial charge in [-0.05, 0) is 44.1 Å². The molecule has 0 bridgehead atoms. The van der Waals surface area contributed by atoms with Gasteiger partial charge in [-0.15, -0.1) is 0 Å². The van der Waals surface area contributed by atoms with E-state index in [2.05, 4.69) is 29.6 Å². The van der Waals surface area contributed by atoms with Gasteiger partial charge in [-0.3, -0.25) is 4.79 Å². The second-order valence-electron chi connectivity index (χ2n) is 7.38. The van der Waals surface area contributed by atoms with Crippen LogP contribution in [0.4, 0.5) is 0 Å². The first-order valence-electron chi connectivity index (χ1n) is 9.46. The summed E-state index contributed by atoms with van der Waals surface area (Å²) >= 11 is 0. The average molecular weight is 330 g/mol. The van der Waals surface area contributed by atoms with Crippen LogP contribution in [0.5, 0.6) is 0 Å². The molecule has 132 valence electrons. The van der Waals surface area contributed by atoms with E-state index in [9.17, 15) is 9.90 Å². The fourth-order valence-electron chi connectivity index (χ4n) is 4.00. The number of hydrogen-bond donors (Lipinski definition) is 2. The van der Waals surface area contributed by atoms with Crippen LogP contribution in [0.2, 0.25) is 0 Å². The topological polar surface area (TPSA) is 52.6 Å². The summed E-state index contributed by atoms with van der Waals surface area (Å²) in [7, 11) is 0. The molecule has 1 atom stereocenters. The highest BCUT2D eigenvalue weighted by Gasteiger charge is 2.42. The van der Waals surface area contributed by atoms with E-state index in [0.717, 1.165) is 32.4 Å². The number of carbonyl (C=O) groups is 1. The Morgan fingerprint density at radius 2 is 1.92 bits per heavy atom. The lowest BCUT2D eigenvalue weighted by Crippen LogP contribution is -2.59. The van der Waals surface area contributed by atoms with E-state index in [1.807, 2.05) is 11.0 Å². The molecule has 0 spiro atoms. The molecule has 2 aliphatic rings. The van der Waals surface area contributed by atoms with E-state index in [1.54, 1.807) is 0 Å². The smallest absolute Gasteiger partial charge is 0.255 e. The van der Waals surface area contributed by atoms with Gasteiger partial charge in [0.2, 0.25) is 0 Å². The van der Waals surface area contributed by atoms with E-state index < -0.39 is 5.60 Å². The zero-order valence-electron chi connectivity index (χ0n) is 14.5. The van der Waals surface area contributed by atoms with Crippen molar-refractivity contribution in [2.45, 2.75) is 63.0 Å². The number of rotatable bonds is 7. The number of hydrogen-bond acceptors (Lipinski definition) is 3. The van der Waals surface area contributed by atoms with Crippen LogP contribution in [0.15, 0.2) is 30.3 Å². The minimum Gasteiger partial charge on any atom is -0.379 e. The Labute approximate surface area is 145 Å². The molecule has 2 fully saturated rings. The van der Waals surface area contributed by atoms with Gasteiger partial charge in [0, 0.05) is 25.7 Å². The third kappa shape index (κ3) is 4.37.